The zero-order chi connectivity index (χ0) is 10.7. The fraction of sp³-hybridized carbons (Fsp3) is 0. The molecule has 0 bridgehead atoms. The smallest absolute Gasteiger partial charge is 0.369 e. The molecular formula is C7H4ClNO4S. The molecule has 74 valence electrons. The summed E-state index contributed by atoms with van der Waals surface area (Å²) in [7, 11) is 0. The summed E-state index contributed by atoms with van der Waals surface area (Å²) in [5, 5.41) is 18.0. The van der Waals surface area contributed by atoms with Crippen molar-refractivity contribution in [3.63, 3.8) is 0 Å². The Morgan fingerprint density at radius 3 is 2.71 bits per heavy atom. The molecule has 7 heteroatoms. The van der Waals surface area contributed by atoms with E-state index in [1.807, 2.05) is 0 Å². The van der Waals surface area contributed by atoms with Crippen molar-refractivity contribution in [3.8, 4) is 0 Å². The van der Waals surface area contributed by atoms with Crippen molar-refractivity contribution in [3.05, 3.63) is 33.3 Å². The summed E-state index contributed by atoms with van der Waals surface area (Å²) in [5.74, 6) is 0. The molecule has 5 nitrogen and oxygen atoms in total. The molecule has 1 N–H and O–H groups in total. The van der Waals surface area contributed by atoms with Crippen LogP contribution in [-0.2, 0) is 0 Å². The molecule has 0 atom stereocenters. The SMILES string of the molecule is O=C(O)Sc1cc(Cl)ccc1[N+](=O)[O-]. The monoisotopic (exact) mass is 233 g/mol. The lowest BCUT2D eigenvalue weighted by atomic mass is 10.3. The fourth-order valence-electron chi connectivity index (χ4n) is 0.815. The molecule has 0 aliphatic heterocycles. The van der Waals surface area contributed by atoms with E-state index in [4.69, 9.17) is 16.7 Å². The fourth-order valence-corrected chi connectivity index (χ4v) is 1.67. The zero-order valence-electron chi connectivity index (χ0n) is 6.64. The Balaban J connectivity index is 3.15. The zero-order valence-corrected chi connectivity index (χ0v) is 8.21. The second-order valence-electron chi connectivity index (χ2n) is 2.24. The number of hydrogen-bond donors (Lipinski definition) is 1. The molecule has 0 saturated carbocycles. The molecule has 0 unspecified atom stereocenters. The molecular weight excluding hydrogens is 230 g/mol. The van der Waals surface area contributed by atoms with Gasteiger partial charge in [-0.1, -0.05) is 11.6 Å². The molecule has 1 aromatic rings. The standard InChI is InChI=1S/C7H4ClNO4S/c8-4-1-2-5(9(12)13)6(3-4)14-7(10)11/h1-3H,(H,10,11). The van der Waals surface area contributed by atoms with E-state index in [-0.39, 0.29) is 15.6 Å². The molecule has 0 fully saturated rings. The average molecular weight is 234 g/mol. The van der Waals surface area contributed by atoms with Gasteiger partial charge in [-0.15, -0.1) is 0 Å². The molecule has 0 radical (unpaired) electrons. The van der Waals surface area contributed by atoms with E-state index in [0.717, 1.165) is 0 Å². The van der Waals surface area contributed by atoms with Gasteiger partial charge in [0.2, 0.25) is 0 Å². The second kappa shape index (κ2) is 4.30. The summed E-state index contributed by atoms with van der Waals surface area (Å²) in [6, 6.07) is 3.76. The van der Waals surface area contributed by atoms with E-state index in [0.29, 0.717) is 11.8 Å². The van der Waals surface area contributed by atoms with Gasteiger partial charge in [-0.05, 0) is 23.9 Å². The van der Waals surface area contributed by atoms with Gasteiger partial charge in [-0.25, -0.2) is 4.79 Å². The number of halogens is 1. The number of carboxylic acid groups (broad SMARTS) is 1. The van der Waals surface area contributed by atoms with Gasteiger partial charge in [-0.2, -0.15) is 0 Å². The van der Waals surface area contributed by atoms with Crippen molar-refractivity contribution in [1.82, 2.24) is 0 Å². The Bertz CT molecular complexity index is 395. The number of nitro groups is 1. The van der Waals surface area contributed by atoms with Crippen LogP contribution in [0.4, 0.5) is 10.5 Å². The molecule has 0 aliphatic rings. The highest BCUT2D eigenvalue weighted by molar-refractivity contribution is 8.13. The van der Waals surface area contributed by atoms with Gasteiger partial charge in [0.15, 0.2) is 0 Å². The number of benzene rings is 1. The third kappa shape index (κ3) is 2.61. The Morgan fingerprint density at radius 2 is 2.21 bits per heavy atom. The summed E-state index contributed by atoms with van der Waals surface area (Å²) in [4.78, 5) is 20.2. The number of hydrogen-bond acceptors (Lipinski definition) is 4. The van der Waals surface area contributed by atoms with Gasteiger partial charge in [0.05, 0.1) is 9.82 Å². The lowest BCUT2D eigenvalue weighted by molar-refractivity contribution is -0.387. The quantitative estimate of drug-likeness (QED) is 0.482. The van der Waals surface area contributed by atoms with Crippen LogP contribution in [0.5, 0.6) is 0 Å². The first kappa shape index (κ1) is 10.8. The first-order valence-electron chi connectivity index (χ1n) is 3.35. The number of carbonyl (C=O) groups is 1. The molecule has 0 amide bonds. The van der Waals surface area contributed by atoms with Gasteiger partial charge in [-0.3, -0.25) is 10.1 Å². The molecule has 14 heavy (non-hydrogen) atoms. The highest BCUT2D eigenvalue weighted by atomic mass is 35.5. The lowest BCUT2D eigenvalue weighted by Crippen LogP contribution is -1.92. The number of rotatable bonds is 2. The van der Waals surface area contributed by atoms with Gasteiger partial charge >= 0.3 is 5.30 Å². The molecule has 1 aromatic carbocycles. The Morgan fingerprint density at radius 1 is 1.57 bits per heavy atom. The Hall–Kier alpha value is -1.27. The van der Waals surface area contributed by atoms with Crippen molar-refractivity contribution >= 4 is 34.4 Å². The van der Waals surface area contributed by atoms with E-state index in [2.05, 4.69) is 0 Å². The summed E-state index contributed by atoms with van der Waals surface area (Å²) in [6.45, 7) is 0. The van der Waals surface area contributed by atoms with Crippen LogP contribution in [0.1, 0.15) is 0 Å². The third-order valence-corrected chi connectivity index (χ3v) is 2.27. The third-order valence-electron chi connectivity index (χ3n) is 1.32. The van der Waals surface area contributed by atoms with Crippen molar-refractivity contribution in [2.75, 3.05) is 0 Å². The number of nitro benzene ring substituents is 1. The van der Waals surface area contributed by atoms with E-state index < -0.39 is 10.2 Å². The lowest BCUT2D eigenvalue weighted by Gasteiger charge is -1.98. The van der Waals surface area contributed by atoms with Crippen LogP contribution in [-0.4, -0.2) is 15.3 Å². The predicted molar refractivity (Wildman–Crippen MR) is 52.0 cm³/mol. The molecule has 0 saturated heterocycles. The van der Waals surface area contributed by atoms with Crippen LogP contribution in [0.25, 0.3) is 0 Å². The normalized spacial score (nSPS) is 9.79. The molecule has 0 aliphatic carbocycles. The minimum Gasteiger partial charge on any atom is -0.473 e. The van der Waals surface area contributed by atoms with Crippen LogP contribution in [0, 0.1) is 10.1 Å². The Labute approximate surface area is 87.8 Å². The Kier molecular flexibility index (Phi) is 3.32. The van der Waals surface area contributed by atoms with Crippen LogP contribution < -0.4 is 0 Å². The number of nitrogens with zero attached hydrogens (tertiary/aromatic N) is 1. The molecule has 0 heterocycles. The summed E-state index contributed by atoms with van der Waals surface area (Å²) < 4.78 is 0. The average Bonchev–Trinajstić information content (AvgIpc) is 2.01. The maximum atomic E-state index is 10.5. The van der Waals surface area contributed by atoms with Crippen molar-refractivity contribution in [2.24, 2.45) is 0 Å². The minimum absolute atomic E-state index is 0.0231. The summed E-state index contributed by atoms with van der Waals surface area (Å²) >= 11 is 5.93. The van der Waals surface area contributed by atoms with E-state index in [9.17, 15) is 14.9 Å². The first-order valence-corrected chi connectivity index (χ1v) is 4.55. The van der Waals surface area contributed by atoms with Gasteiger partial charge < -0.3 is 5.11 Å². The van der Waals surface area contributed by atoms with Gasteiger partial charge in [0.1, 0.15) is 0 Å². The van der Waals surface area contributed by atoms with Gasteiger partial charge in [0, 0.05) is 11.1 Å². The van der Waals surface area contributed by atoms with Crippen LogP contribution in [0.2, 0.25) is 5.02 Å². The maximum Gasteiger partial charge on any atom is 0.369 e. The van der Waals surface area contributed by atoms with E-state index in [1.54, 1.807) is 0 Å². The van der Waals surface area contributed by atoms with Gasteiger partial charge in [0.25, 0.3) is 5.69 Å². The van der Waals surface area contributed by atoms with E-state index >= 15 is 0 Å². The summed E-state index contributed by atoms with van der Waals surface area (Å²) in [5.41, 5.74) is -0.262. The van der Waals surface area contributed by atoms with Crippen molar-refractivity contribution < 1.29 is 14.8 Å². The topological polar surface area (TPSA) is 80.4 Å². The van der Waals surface area contributed by atoms with Crippen molar-refractivity contribution in [1.29, 1.82) is 0 Å². The van der Waals surface area contributed by atoms with Crippen molar-refractivity contribution in [2.45, 2.75) is 4.90 Å². The van der Waals surface area contributed by atoms with Crippen LogP contribution in [0.3, 0.4) is 0 Å². The molecule has 0 aromatic heterocycles. The first-order chi connectivity index (χ1) is 6.50. The highest BCUT2D eigenvalue weighted by Crippen LogP contribution is 2.31. The highest BCUT2D eigenvalue weighted by Gasteiger charge is 2.16. The largest absolute Gasteiger partial charge is 0.473 e. The van der Waals surface area contributed by atoms with E-state index in [1.165, 1.54) is 18.2 Å². The predicted octanol–water partition coefficient (Wildman–Crippen LogP) is 3.02. The second-order valence-corrected chi connectivity index (χ2v) is 3.67. The minimum atomic E-state index is -1.21. The van der Waals surface area contributed by atoms with Crippen LogP contribution in [0.15, 0.2) is 23.1 Å². The number of thioether (sulfide) groups is 1. The molecule has 0 spiro atoms. The molecule has 1 rings (SSSR count). The van der Waals surface area contributed by atoms with Crippen LogP contribution >= 0.6 is 23.4 Å². The summed E-state index contributed by atoms with van der Waals surface area (Å²) in [6.07, 6.45) is 0. The maximum absolute atomic E-state index is 10.5.